The number of hydrogen-bond donors (Lipinski definition) is 1. The first-order chi connectivity index (χ1) is 13.8. The van der Waals surface area contributed by atoms with Crippen molar-refractivity contribution in [2.45, 2.75) is 17.7 Å². The highest BCUT2D eigenvalue weighted by atomic mass is 79.9. The van der Waals surface area contributed by atoms with Gasteiger partial charge in [0.15, 0.2) is 0 Å². The molecule has 2 aromatic carbocycles. The van der Waals surface area contributed by atoms with Gasteiger partial charge in [-0.2, -0.15) is 4.31 Å². The maximum absolute atomic E-state index is 13.0. The molecule has 0 spiro atoms. The molecule has 0 bridgehead atoms. The summed E-state index contributed by atoms with van der Waals surface area (Å²) in [5, 5.41) is 2.85. The van der Waals surface area contributed by atoms with Gasteiger partial charge in [0.1, 0.15) is 11.5 Å². The Bertz CT molecular complexity index is 979. The molecule has 0 saturated carbocycles. The van der Waals surface area contributed by atoms with E-state index in [9.17, 15) is 13.2 Å². The third-order valence-corrected chi connectivity index (χ3v) is 7.28. The number of sulfonamides is 1. The molecule has 1 atom stereocenters. The molecule has 29 heavy (non-hydrogen) atoms. The van der Waals surface area contributed by atoms with E-state index in [2.05, 4.69) is 21.2 Å². The Morgan fingerprint density at radius 1 is 1.14 bits per heavy atom. The molecule has 3 rings (SSSR count). The van der Waals surface area contributed by atoms with Gasteiger partial charge in [-0.25, -0.2) is 8.42 Å². The number of methoxy groups -OCH3 is 2. The maximum Gasteiger partial charge on any atom is 0.243 e. The average molecular weight is 483 g/mol. The number of benzene rings is 2. The van der Waals surface area contributed by atoms with Gasteiger partial charge in [0, 0.05) is 23.6 Å². The van der Waals surface area contributed by atoms with Crippen molar-refractivity contribution in [2.24, 2.45) is 5.92 Å². The third-order valence-electron chi connectivity index (χ3n) is 4.87. The standard InChI is InChI=1S/C20H23BrN2O5S/c1-27-16-7-10-19(28-2)18(12-16)22-20(24)14-4-3-11-23(13-14)29(25,26)17-8-5-15(21)6-9-17/h5-10,12,14H,3-4,11,13H2,1-2H3,(H,22,24)/t14-/m0/s1. The van der Waals surface area contributed by atoms with Crippen LogP contribution in [0.4, 0.5) is 5.69 Å². The minimum Gasteiger partial charge on any atom is -0.497 e. The van der Waals surface area contributed by atoms with Crippen molar-refractivity contribution in [3.63, 3.8) is 0 Å². The highest BCUT2D eigenvalue weighted by molar-refractivity contribution is 9.10. The first-order valence-electron chi connectivity index (χ1n) is 9.13. The lowest BCUT2D eigenvalue weighted by atomic mass is 9.98. The first-order valence-corrected chi connectivity index (χ1v) is 11.4. The summed E-state index contributed by atoms with van der Waals surface area (Å²) in [5.41, 5.74) is 0.491. The van der Waals surface area contributed by atoms with E-state index in [1.807, 2.05) is 0 Å². The van der Waals surface area contributed by atoms with E-state index in [1.165, 1.54) is 11.4 Å². The number of nitrogens with zero attached hydrogens (tertiary/aromatic N) is 1. The summed E-state index contributed by atoms with van der Waals surface area (Å²) in [4.78, 5) is 13.1. The van der Waals surface area contributed by atoms with E-state index in [-0.39, 0.29) is 17.3 Å². The van der Waals surface area contributed by atoms with Gasteiger partial charge in [-0.3, -0.25) is 4.79 Å². The number of piperidine rings is 1. The lowest BCUT2D eigenvalue weighted by Gasteiger charge is -2.31. The lowest BCUT2D eigenvalue weighted by Crippen LogP contribution is -2.43. The van der Waals surface area contributed by atoms with Crippen molar-refractivity contribution in [3.8, 4) is 11.5 Å². The van der Waals surface area contributed by atoms with E-state index in [0.717, 1.165) is 4.47 Å². The fourth-order valence-electron chi connectivity index (χ4n) is 3.28. The van der Waals surface area contributed by atoms with E-state index in [1.54, 1.807) is 49.6 Å². The maximum atomic E-state index is 13.0. The van der Waals surface area contributed by atoms with E-state index in [0.29, 0.717) is 36.6 Å². The molecule has 1 N–H and O–H groups in total. The molecule has 0 aliphatic carbocycles. The van der Waals surface area contributed by atoms with Gasteiger partial charge in [-0.15, -0.1) is 0 Å². The molecule has 9 heteroatoms. The highest BCUT2D eigenvalue weighted by Crippen LogP contribution is 2.31. The lowest BCUT2D eigenvalue weighted by molar-refractivity contribution is -0.120. The Hall–Kier alpha value is -2.10. The molecule has 1 amide bonds. The molecule has 0 unspecified atom stereocenters. The van der Waals surface area contributed by atoms with E-state index < -0.39 is 15.9 Å². The summed E-state index contributed by atoms with van der Waals surface area (Å²) in [6.07, 6.45) is 1.23. The quantitative estimate of drug-likeness (QED) is 0.680. The predicted octanol–water partition coefficient (Wildman–Crippen LogP) is 3.51. The van der Waals surface area contributed by atoms with Crippen molar-refractivity contribution in [1.29, 1.82) is 0 Å². The molecule has 1 heterocycles. The zero-order valence-electron chi connectivity index (χ0n) is 16.2. The monoisotopic (exact) mass is 482 g/mol. The minimum atomic E-state index is -3.65. The Balaban J connectivity index is 1.75. The summed E-state index contributed by atoms with van der Waals surface area (Å²) >= 11 is 3.31. The van der Waals surface area contributed by atoms with Crippen LogP contribution in [0, 0.1) is 5.92 Å². The van der Waals surface area contributed by atoms with Gasteiger partial charge in [-0.1, -0.05) is 15.9 Å². The van der Waals surface area contributed by atoms with Gasteiger partial charge in [0.25, 0.3) is 0 Å². The zero-order valence-corrected chi connectivity index (χ0v) is 18.6. The topological polar surface area (TPSA) is 84.9 Å². The molecular formula is C20H23BrN2O5S. The van der Waals surface area contributed by atoms with Crippen LogP contribution < -0.4 is 14.8 Å². The molecule has 156 valence electrons. The number of rotatable bonds is 6. The number of anilines is 1. The fraction of sp³-hybridized carbons (Fsp3) is 0.350. The second-order valence-electron chi connectivity index (χ2n) is 6.71. The summed E-state index contributed by atoms with van der Waals surface area (Å²) in [7, 11) is -0.594. The summed E-state index contributed by atoms with van der Waals surface area (Å²) < 4.78 is 38.6. The third kappa shape index (κ3) is 4.91. The van der Waals surface area contributed by atoms with Crippen LogP contribution in [0.5, 0.6) is 11.5 Å². The number of nitrogens with one attached hydrogen (secondary N) is 1. The van der Waals surface area contributed by atoms with Gasteiger partial charge >= 0.3 is 0 Å². The average Bonchev–Trinajstić information content (AvgIpc) is 2.74. The molecular weight excluding hydrogens is 460 g/mol. The van der Waals surface area contributed by atoms with Crippen LogP contribution in [-0.2, 0) is 14.8 Å². The summed E-state index contributed by atoms with van der Waals surface area (Å²) in [5.74, 6) is 0.399. The molecule has 0 aromatic heterocycles. The van der Waals surface area contributed by atoms with Crippen LogP contribution in [0.2, 0.25) is 0 Å². The van der Waals surface area contributed by atoms with Crippen molar-refractivity contribution in [1.82, 2.24) is 4.31 Å². The Labute approximate surface area is 179 Å². The Morgan fingerprint density at radius 2 is 1.86 bits per heavy atom. The second-order valence-corrected chi connectivity index (χ2v) is 9.57. The molecule has 1 aliphatic heterocycles. The van der Waals surface area contributed by atoms with Crippen LogP contribution in [0.1, 0.15) is 12.8 Å². The Morgan fingerprint density at radius 3 is 2.52 bits per heavy atom. The van der Waals surface area contributed by atoms with Crippen molar-refractivity contribution < 1.29 is 22.7 Å². The van der Waals surface area contributed by atoms with Crippen LogP contribution in [0.3, 0.4) is 0 Å². The van der Waals surface area contributed by atoms with Crippen molar-refractivity contribution in [2.75, 3.05) is 32.6 Å². The van der Waals surface area contributed by atoms with Gasteiger partial charge in [-0.05, 0) is 49.2 Å². The molecule has 7 nitrogen and oxygen atoms in total. The van der Waals surface area contributed by atoms with Crippen molar-refractivity contribution in [3.05, 3.63) is 46.9 Å². The number of carbonyl (C=O) groups excluding carboxylic acids is 1. The smallest absolute Gasteiger partial charge is 0.243 e. The minimum absolute atomic E-state index is 0.135. The number of halogens is 1. The van der Waals surface area contributed by atoms with Gasteiger partial charge in [0.2, 0.25) is 15.9 Å². The summed E-state index contributed by atoms with van der Waals surface area (Å²) in [6, 6.07) is 11.6. The molecule has 1 aliphatic rings. The van der Waals surface area contributed by atoms with Crippen molar-refractivity contribution >= 4 is 37.5 Å². The van der Waals surface area contributed by atoms with E-state index in [4.69, 9.17) is 9.47 Å². The summed E-state index contributed by atoms with van der Waals surface area (Å²) in [6.45, 7) is 0.529. The number of carbonyl (C=O) groups is 1. The number of ether oxygens (including phenoxy) is 2. The van der Waals surface area contributed by atoms with Crippen LogP contribution >= 0.6 is 15.9 Å². The fourth-order valence-corrected chi connectivity index (χ4v) is 5.07. The normalized spacial score (nSPS) is 17.6. The zero-order chi connectivity index (χ0) is 21.0. The second kappa shape index (κ2) is 9.15. The number of hydrogen-bond acceptors (Lipinski definition) is 5. The van der Waals surface area contributed by atoms with Gasteiger partial charge in [0.05, 0.1) is 30.7 Å². The van der Waals surface area contributed by atoms with Crippen LogP contribution in [0.15, 0.2) is 51.8 Å². The molecule has 1 fully saturated rings. The first kappa shape index (κ1) is 21.6. The Kier molecular flexibility index (Phi) is 6.81. The highest BCUT2D eigenvalue weighted by Gasteiger charge is 2.33. The molecule has 2 aromatic rings. The largest absolute Gasteiger partial charge is 0.497 e. The predicted molar refractivity (Wildman–Crippen MR) is 114 cm³/mol. The number of amides is 1. The van der Waals surface area contributed by atoms with Gasteiger partial charge < -0.3 is 14.8 Å². The SMILES string of the molecule is COc1ccc(OC)c(NC(=O)[C@H]2CCCN(S(=O)(=O)c3ccc(Br)cc3)C2)c1. The molecule has 0 radical (unpaired) electrons. The van der Waals surface area contributed by atoms with E-state index >= 15 is 0 Å². The van der Waals surface area contributed by atoms with Crippen LogP contribution in [-0.4, -0.2) is 45.9 Å². The molecule has 1 saturated heterocycles. The van der Waals surface area contributed by atoms with Crippen LogP contribution in [0.25, 0.3) is 0 Å².